The van der Waals surface area contributed by atoms with E-state index in [1.807, 2.05) is 6.07 Å². The molecule has 0 radical (unpaired) electrons. The Labute approximate surface area is 353 Å². The number of benzene rings is 9. The van der Waals surface area contributed by atoms with E-state index in [-0.39, 0.29) is 5.92 Å². The number of nitrogens with zero attached hydrogens (tertiary/aromatic N) is 3. The van der Waals surface area contributed by atoms with E-state index in [1.54, 1.807) is 0 Å². The lowest BCUT2D eigenvalue weighted by molar-refractivity contribution is 0.668. The first-order valence-electron chi connectivity index (χ1n) is 21.0. The average molecular weight is 782 g/mol. The van der Waals surface area contributed by atoms with Crippen molar-refractivity contribution in [2.24, 2.45) is 15.9 Å². The molecular weight excluding hydrogens is 743 g/mol. The smallest absolute Gasteiger partial charge is 0.160 e. The van der Waals surface area contributed by atoms with Crippen molar-refractivity contribution in [3.05, 3.63) is 217 Å². The Morgan fingerprint density at radius 2 is 1.13 bits per heavy atom. The summed E-state index contributed by atoms with van der Waals surface area (Å²) in [4.78, 5) is 11.3. The molecule has 0 spiro atoms. The number of aliphatic imine (C=N–C) groups is 2. The van der Waals surface area contributed by atoms with Crippen LogP contribution in [0, 0.1) is 5.92 Å². The van der Waals surface area contributed by atoms with Gasteiger partial charge in [0.1, 0.15) is 11.2 Å². The third kappa shape index (κ3) is 5.90. The van der Waals surface area contributed by atoms with Crippen molar-refractivity contribution >= 4 is 82.5 Å². The molecule has 1 aliphatic heterocycles. The molecule has 1 unspecified atom stereocenters. The molecule has 61 heavy (non-hydrogen) atoms. The zero-order chi connectivity index (χ0) is 40.4. The van der Waals surface area contributed by atoms with Gasteiger partial charge in [-0.25, -0.2) is 9.98 Å². The Bertz CT molecular complexity index is 3620. The van der Waals surface area contributed by atoms with Crippen LogP contribution in [-0.2, 0) is 0 Å². The third-order valence-electron chi connectivity index (χ3n) is 12.4. The van der Waals surface area contributed by atoms with Gasteiger partial charge in [-0.2, -0.15) is 0 Å². The van der Waals surface area contributed by atoms with Crippen LogP contribution in [0.2, 0.25) is 0 Å². The number of allylic oxidation sites excluding steroid dienone is 1. The largest absolute Gasteiger partial charge is 0.456 e. The molecule has 0 aliphatic carbocycles. The number of fused-ring (bicyclic) bond motifs is 8. The first kappa shape index (κ1) is 35.2. The van der Waals surface area contributed by atoms with Crippen molar-refractivity contribution in [3.63, 3.8) is 0 Å². The van der Waals surface area contributed by atoms with Crippen molar-refractivity contribution in [1.29, 1.82) is 0 Å². The molecule has 0 N–H and O–H groups in total. The molecule has 0 fully saturated rings. The van der Waals surface area contributed by atoms with Gasteiger partial charge in [0.2, 0.25) is 0 Å². The lowest BCUT2D eigenvalue weighted by atomic mass is 9.90. The van der Waals surface area contributed by atoms with Gasteiger partial charge in [0, 0.05) is 44.7 Å². The molecule has 3 heterocycles. The molecule has 1 aliphatic rings. The molecule has 9 aromatic carbocycles. The second-order valence-electron chi connectivity index (χ2n) is 16.2. The topological polar surface area (TPSA) is 42.8 Å². The van der Waals surface area contributed by atoms with E-state index < -0.39 is 0 Å². The molecule has 0 amide bonds. The van der Waals surface area contributed by atoms with Gasteiger partial charge in [0.25, 0.3) is 0 Å². The molecule has 4 nitrogen and oxygen atoms in total. The van der Waals surface area contributed by atoms with Gasteiger partial charge in [0.15, 0.2) is 5.84 Å². The first-order chi connectivity index (χ1) is 30.1. The summed E-state index contributed by atoms with van der Waals surface area (Å²) in [6, 6.07) is 69.2. The third-order valence-corrected chi connectivity index (χ3v) is 12.4. The van der Waals surface area contributed by atoms with Crippen LogP contribution in [-0.4, -0.2) is 16.1 Å². The molecule has 0 saturated heterocycles. The van der Waals surface area contributed by atoms with Crippen LogP contribution in [0.1, 0.15) is 30.0 Å². The number of amidine groups is 1. The summed E-state index contributed by atoms with van der Waals surface area (Å²) in [5.74, 6) is 0.722. The summed E-state index contributed by atoms with van der Waals surface area (Å²) in [5.41, 5.74) is 12.4. The van der Waals surface area contributed by atoms with Crippen molar-refractivity contribution < 1.29 is 4.42 Å². The highest BCUT2D eigenvalue weighted by Gasteiger charge is 2.25. The lowest BCUT2D eigenvalue weighted by Crippen LogP contribution is -2.18. The first-order valence-corrected chi connectivity index (χ1v) is 21.0. The van der Waals surface area contributed by atoms with Crippen LogP contribution in [0.25, 0.3) is 87.8 Å². The molecule has 11 aromatic rings. The van der Waals surface area contributed by atoms with Gasteiger partial charge in [-0.05, 0) is 75.0 Å². The molecule has 2 aromatic heterocycles. The number of aromatic nitrogens is 1. The standard InChI is InChI=1S/C57H39N3O/c1-36-26-31-50(40-29-27-38(28-30-40)37-14-3-2-4-15-37)58-57(46-23-13-19-39-16-7-8-20-44(39)46)59-56(36)49-34-43(35-54-55(49)47-22-10-12-25-53(47)61-54)60-51-24-11-9-21-45(51)48-32-41-17-5-6-18-42(41)33-52(48)60/h2-25,27-36H,26H2,1H3/b50-31+,58-57-,59-56+. The fraction of sp³-hybridized carbons (Fsp3) is 0.0526. The molecule has 1 atom stereocenters. The summed E-state index contributed by atoms with van der Waals surface area (Å²) in [6.45, 7) is 2.30. The summed E-state index contributed by atoms with van der Waals surface area (Å²) in [6.07, 6.45) is 3.05. The minimum atomic E-state index is 0.0354. The van der Waals surface area contributed by atoms with Gasteiger partial charge in [-0.1, -0.05) is 171 Å². The Kier molecular flexibility index (Phi) is 8.17. The maximum absolute atomic E-state index is 6.78. The van der Waals surface area contributed by atoms with Crippen LogP contribution in [0.3, 0.4) is 0 Å². The second-order valence-corrected chi connectivity index (χ2v) is 16.2. The Balaban J connectivity index is 1.11. The number of hydrogen-bond acceptors (Lipinski definition) is 3. The van der Waals surface area contributed by atoms with E-state index in [4.69, 9.17) is 14.4 Å². The zero-order valence-corrected chi connectivity index (χ0v) is 33.6. The maximum Gasteiger partial charge on any atom is 0.160 e. The average Bonchev–Trinajstić information content (AvgIpc) is 3.85. The van der Waals surface area contributed by atoms with E-state index in [9.17, 15) is 0 Å². The minimum Gasteiger partial charge on any atom is -0.456 e. The summed E-state index contributed by atoms with van der Waals surface area (Å²) in [5, 5.41) is 9.26. The molecule has 288 valence electrons. The highest BCUT2D eigenvalue weighted by atomic mass is 16.3. The number of rotatable bonds is 5. The number of para-hydroxylation sites is 2. The Morgan fingerprint density at radius 3 is 1.97 bits per heavy atom. The summed E-state index contributed by atoms with van der Waals surface area (Å²) < 4.78 is 9.18. The highest BCUT2D eigenvalue weighted by molar-refractivity contribution is 6.25. The fourth-order valence-corrected chi connectivity index (χ4v) is 9.43. The van der Waals surface area contributed by atoms with Gasteiger partial charge < -0.3 is 8.98 Å². The van der Waals surface area contributed by atoms with Gasteiger partial charge in [0.05, 0.1) is 28.1 Å². The predicted octanol–water partition coefficient (Wildman–Crippen LogP) is 15.0. The summed E-state index contributed by atoms with van der Waals surface area (Å²) in [7, 11) is 0. The zero-order valence-electron chi connectivity index (χ0n) is 33.6. The van der Waals surface area contributed by atoms with Gasteiger partial charge >= 0.3 is 0 Å². The van der Waals surface area contributed by atoms with Crippen LogP contribution in [0.4, 0.5) is 0 Å². The van der Waals surface area contributed by atoms with Crippen LogP contribution >= 0.6 is 0 Å². The van der Waals surface area contributed by atoms with Crippen molar-refractivity contribution in [1.82, 2.24) is 4.57 Å². The Hall–Kier alpha value is -7.82. The SMILES string of the molecule is CC1C/C=C(c2ccc(-c3ccccc3)cc2)/N=C(c2cccc3ccccc23)\N=C/1c1cc(-n2c3ccccc3c3cc4ccccc4cc32)cc2oc3ccccc3c12. The minimum absolute atomic E-state index is 0.0354. The lowest BCUT2D eigenvalue weighted by Gasteiger charge is -2.21. The maximum atomic E-state index is 6.78. The molecule has 0 bridgehead atoms. The predicted molar refractivity (Wildman–Crippen MR) is 256 cm³/mol. The fourth-order valence-electron chi connectivity index (χ4n) is 9.43. The number of hydrogen-bond donors (Lipinski definition) is 0. The van der Waals surface area contributed by atoms with Gasteiger partial charge in [-0.3, -0.25) is 0 Å². The van der Waals surface area contributed by atoms with Gasteiger partial charge in [-0.15, -0.1) is 0 Å². The van der Waals surface area contributed by atoms with E-state index >= 15 is 0 Å². The monoisotopic (exact) mass is 781 g/mol. The van der Waals surface area contributed by atoms with Crippen molar-refractivity contribution in [2.45, 2.75) is 13.3 Å². The highest BCUT2D eigenvalue weighted by Crippen LogP contribution is 2.40. The van der Waals surface area contributed by atoms with Crippen LogP contribution in [0.15, 0.2) is 215 Å². The molecule has 0 saturated carbocycles. The van der Waals surface area contributed by atoms with E-state index in [0.29, 0.717) is 5.84 Å². The second kappa shape index (κ2) is 14.2. The molecule has 4 heteroatoms. The Morgan fingerprint density at radius 1 is 0.475 bits per heavy atom. The van der Waals surface area contributed by atoms with Crippen LogP contribution < -0.4 is 0 Å². The normalized spacial score (nSPS) is 17.3. The van der Waals surface area contributed by atoms with E-state index in [1.165, 1.54) is 32.7 Å². The van der Waals surface area contributed by atoms with Crippen molar-refractivity contribution in [2.75, 3.05) is 0 Å². The number of furan rings is 1. The van der Waals surface area contributed by atoms with Crippen LogP contribution in [0.5, 0.6) is 0 Å². The molecular formula is C57H39N3O. The van der Waals surface area contributed by atoms with E-state index in [0.717, 1.165) is 84.0 Å². The van der Waals surface area contributed by atoms with Crippen molar-refractivity contribution in [3.8, 4) is 16.8 Å². The molecule has 12 rings (SSSR count). The summed E-state index contributed by atoms with van der Waals surface area (Å²) >= 11 is 0. The quantitative estimate of drug-likeness (QED) is 0.171. The van der Waals surface area contributed by atoms with E-state index in [2.05, 4.69) is 206 Å².